The lowest BCUT2D eigenvalue weighted by Crippen LogP contribution is -2.15. The SMILES string of the molecule is NS(=O)(=O)c1ccccc1Nc1c([N+](=O)[O-])cc(C(=O)O)c(Nc2ccc(I)cc2Cl)c1F. The number of benzene rings is 3. The number of nitrogens with two attached hydrogens (primary N) is 1. The van der Waals surface area contributed by atoms with E-state index in [4.69, 9.17) is 16.7 Å². The second-order valence-electron chi connectivity index (χ2n) is 6.48. The number of carboxylic acid groups (broad SMARTS) is 1. The first-order valence-corrected chi connectivity index (χ1v) is 11.8. The van der Waals surface area contributed by atoms with Crippen LogP contribution in [0.5, 0.6) is 0 Å². The highest BCUT2D eigenvalue weighted by Crippen LogP contribution is 2.40. The Morgan fingerprint density at radius 2 is 1.76 bits per heavy atom. The molecule has 172 valence electrons. The lowest BCUT2D eigenvalue weighted by molar-refractivity contribution is -0.384. The molecule has 0 spiro atoms. The van der Waals surface area contributed by atoms with Crippen molar-refractivity contribution in [2.24, 2.45) is 5.14 Å². The fraction of sp³-hybridized carbons (Fsp3) is 0. The zero-order valence-electron chi connectivity index (χ0n) is 16.2. The van der Waals surface area contributed by atoms with E-state index < -0.39 is 54.3 Å². The number of carboxylic acids is 1. The van der Waals surface area contributed by atoms with Gasteiger partial charge in [-0.25, -0.2) is 22.7 Å². The van der Waals surface area contributed by atoms with Crippen LogP contribution in [-0.4, -0.2) is 24.4 Å². The zero-order chi connectivity index (χ0) is 24.5. The molecule has 0 radical (unpaired) electrons. The van der Waals surface area contributed by atoms with E-state index in [0.717, 1.165) is 9.64 Å². The van der Waals surface area contributed by atoms with Crippen LogP contribution in [-0.2, 0) is 10.0 Å². The number of carbonyl (C=O) groups is 1. The number of rotatable bonds is 7. The molecule has 10 nitrogen and oxygen atoms in total. The summed E-state index contributed by atoms with van der Waals surface area (Å²) in [6.07, 6.45) is 0. The minimum Gasteiger partial charge on any atom is -0.478 e. The summed E-state index contributed by atoms with van der Waals surface area (Å²) in [4.78, 5) is 21.9. The average Bonchev–Trinajstić information content (AvgIpc) is 2.71. The van der Waals surface area contributed by atoms with Crippen LogP contribution in [0, 0.1) is 19.5 Å². The highest BCUT2D eigenvalue weighted by molar-refractivity contribution is 14.1. The summed E-state index contributed by atoms with van der Waals surface area (Å²) in [7, 11) is -4.27. The van der Waals surface area contributed by atoms with Gasteiger partial charge in [-0.05, 0) is 52.9 Å². The number of aromatic carboxylic acids is 1. The largest absolute Gasteiger partial charge is 0.478 e. The van der Waals surface area contributed by atoms with Crippen LogP contribution < -0.4 is 15.8 Å². The second-order valence-corrected chi connectivity index (χ2v) is 9.67. The molecule has 3 aromatic rings. The number of hydrogen-bond donors (Lipinski definition) is 4. The third-order valence-electron chi connectivity index (χ3n) is 4.32. The van der Waals surface area contributed by atoms with Gasteiger partial charge in [0.05, 0.1) is 32.6 Å². The molecule has 0 bridgehead atoms. The highest BCUT2D eigenvalue weighted by atomic mass is 127. The van der Waals surface area contributed by atoms with Crippen molar-refractivity contribution in [3.63, 3.8) is 0 Å². The number of hydrogen-bond acceptors (Lipinski definition) is 7. The van der Waals surface area contributed by atoms with E-state index in [-0.39, 0.29) is 16.4 Å². The third-order valence-corrected chi connectivity index (χ3v) is 6.27. The predicted octanol–water partition coefficient (Wildman–Crippen LogP) is 4.82. The molecule has 0 saturated carbocycles. The smallest absolute Gasteiger partial charge is 0.338 e. The molecule has 0 amide bonds. The van der Waals surface area contributed by atoms with Gasteiger partial charge in [-0.3, -0.25) is 10.1 Å². The maximum atomic E-state index is 15.6. The van der Waals surface area contributed by atoms with Gasteiger partial charge in [-0.15, -0.1) is 0 Å². The van der Waals surface area contributed by atoms with Crippen LogP contribution in [0.25, 0.3) is 0 Å². The van der Waals surface area contributed by atoms with E-state index in [1.54, 1.807) is 6.07 Å². The Balaban J connectivity index is 2.25. The van der Waals surface area contributed by atoms with Gasteiger partial charge in [0.2, 0.25) is 10.0 Å². The molecule has 0 aliphatic carbocycles. The normalized spacial score (nSPS) is 11.2. The van der Waals surface area contributed by atoms with Crippen molar-refractivity contribution in [2.45, 2.75) is 4.90 Å². The van der Waals surface area contributed by atoms with Crippen molar-refractivity contribution in [3.8, 4) is 0 Å². The van der Waals surface area contributed by atoms with Gasteiger partial charge < -0.3 is 15.7 Å². The maximum Gasteiger partial charge on any atom is 0.338 e. The lowest BCUT2D eigenvalue weighted by Gasteiger charge is -2.17. The molecule has 33 heavy (non-hydrogen) atoms. The minimum atomic E-state index is -4.27. The van der Waals surface area contributed by atoms with Gasteiger partial charge >= 0.3 is 5.97 Å². The van der Waals surface area contributed by atoms with Crippen LogP contribution >= 0.6 is 34.2 Å². The van der Waals surface area contributed by atoms with Gasteiger partial charge in [0.15, 0.2) is 11.5 Å². The summed E-state index contributed by atoms with van der Waals surface area (Å²) in [6.45, 7) is 0. The standard InChI is InChI=1S/C19H13ClFIN4O6S/c20-11-7-9(22)5-6-12(11)24-17-10(19(27)28)8-14(26(29)30)18(16(17)21)25-13-3-1-2-4-15(13)33(23,31)32/h1-8,24-25H,(H,27,28)(H2,23,31,32). The van der Waals surface area contributed by atoms with Gasteiger partial charge in [-0.1, -0.05) is 23.7 Å². The topological polar surface area (TPSA) is 165 Å². The van der Waals surface area contributed by atoms with Gasteiger partial charge in [0.25, 0.3) is 5.69 Å². The fourth-order valence-corrected chi connectivity index (χ4v) is 4.47. The van der Waals surface area contributed by atoms with Crippen molar-refractivity contribution in [1.29, 1.82) is 0 Å². The molecular formula is C19H13ClFIN4O6S. The first-order chi connectivity index (χ1) is 15.4. The molecule has 0 fully saturated rings. The molecular weight excluding hydrogens is 594 g/mol. The molecule has 0 aliphatic rings. The maximum absolute atomic E-state index is 15.6. The number of halogens is 3. The van der Waals surface area contributed by atoms with E-state index >= 15 is 4.39 Å². The van der Waals surface area contributed by atoms with Crippen molar-refractivity contribution < 1.29 is 27.6 Å². The number of nitrogens with one attached hydrogen (secondary N) is 2. The predicted molar refractivity (Wildman–Crippen MR) is 129 cm³/mol. The number of primary sulfonamides is 1. The summed E-state index contributed by atoms with van der Waals surface area (Å²) in [6, 6.07) is 10.4. The van der Waals surface area contributed by atoms with Crippen LogP contribution in [0.15, 0.2) is 53.4 Å². The summed E-state index contributed by atoms with van der Waals surface area (Å²) in [5.41, 5.74) is -3.17. The summed E-state index contributed by atoms with van der Waals surface area (Å²) < 4.78 is 40.1. The molecule has 5 N–H and O–H groups in total. The van der Waals surface area contributed by atoms with E-state index in [2.05, 4.69) is 10.6 Å². The summed E-state index contributed by atoms with van der Waals surface area (Å²) in [5, 5.41) is 31.4. The molecule has 14 heteroatoms. The summed E-state index contributed by atoms with van der Waals surface area (Å²) >= 11 is 8.14. The van der Waals surface area contributed by atoms with Crippen molar-refractivity contribution in [1.82, 2.24) is 0 Å². The van der Waals surface area contributed by atoms with Crippen LogP contribution in [0.2, 0.25) is 5.02 Å². The van der Waals surface area contributed by atoms with Crippen LogP contribution in [0.3, 0.4) is 0 Å². The third kappa shape index (κ3) is 5.32. The van der Waals surface area contributed by atoms with Crippen LogP contribution in [0.4, 0.5) is 32.8 Å². The van der Waals surface area contributed by atoms with E-state index in [1.165, 1.54) is 30.3 Å². The molecule has 0 heterocycles. The molecule has 0 saturated heterocycles. The van der Waals surface area contributed by atoms with Crippen molar-refractivity contribution in [3.05, 3.63) is 78.6 Å². The van der Waals surface area contributed by atoms with E-state index in [9.17, 15) is 28.4 Å². The molecule has 0 atom stereocenters. The number of sulfonamides is 1. The Morgan fingerprint density at radius 3 is 2.33 bits per heavy atom. The zero-order valence-corrected chi connectivity index (χ0v) is 19.9. The molecule has 3 aromatic carbocycles. The average molecular weight is 607 g/mol. The Labute approximate surface area is 204 Å². The second kappa shape index (κ2) is 9.46. The van der Waals surface area contributed by atoms with Gasteiger partial charge in [-0.2, -0.15) is 0 Å². The Morgan fingerprint density at radius 1 is 1.12 bits per heavy atom. The molecule has 0 unspecified atom stereocenters. The first-order valence-electron chi connectivity index (χ1n) is 8.75. The molecule has 0 aromatic heterocycles. The molecule has 0 aliphatic heterocycles. The number of anilines is 4. The van der Waals surface area contributed by atoms with Crippen LogP contribution in [0.1, 0.15) is 10.4 Å². The van der Waals surface area contributed by atoms with Crippen molar-refractivity contribution in [2.75, 3.05) is 10.6 Å². The quantitative estimate of drug-likeness (QED) is 0.169. The van der Waals surface area contributed by atoms with Gasteiger partial charge in [0, 0.05) is 9.64 Å². The van der Waals surface area contributed by atoms with Gasteiger partial charge in [0.1, 0.15) is 4.90 Å². The summed E-state index contributed by atoms with van der Waals surface area (Å²) in [5.74, 6) is -2.99. The fourth-order valence-electron chi connectivity index (χ4n) is 2.87. The minimum absolute atomic E-state index is 0.142. The number of nitro groups is 1. The Kier molecular flexibility index (Phi) is 7.06. The Bertz CT molecular complexity index is 1400. The van der Waals surface area contributed by atoms with E-state index in [0.29, 0.717) is 6.07 Å². The highest BCUT2D eigenvalue weighted by Gasteiger charge is 2.29. The lowest BCUT2D eigenvalue weighted by atomic mass is 10.1. The number of nitro benzene ring substituents is 1. The number of para-hydroxylation sites is 1. The number of nitrogens with zero attached hydrogens (tertiary/aromatic N) is 1. The first kappa shape index (κ1) is 24.6. The van der Waals surface area contributed by atoms with E-state index in [1.807, 2.05) is 22.6 Å². The Hall–Kier alpha value is -3.01. The van der Waals surface area contributed by atoms with Crippen molar-refractivity contribution >= 4 is 78.6 Å². The molecule has 3 rings (SSSR count). The monoisotopic (exact) mass is 606 g/mol.